The van der Waals surface area contributed by atoms with Crippen molar-refractivity contribution in [2.24, 2.45) is 5.92 Å². The van der Waals surface area contributed by atoms with Gasteiger partial charge < -0.3 is 5.11 Å². The normalized spacial score (nSPS) is 24.1. The Hall–Kier alpha value is -1.12. The van der Waals surface area contributed by atoms with Crippen molar-refractivity contribution < 1.29 is 5.11 Å². The number of allylic oxidation sites excluding steroid dienone is 1. The van der Waals surface area contributed by atoms with Crippen LogP contribution in [0, 0.1) is 5.92 Å². The number of aliphatic hydroxyl groups is 1. The molecule has 21 heavy (non-hydrogen) atoms. The van der Waals surface area contributed by atoms with Crippen LogP contribution in [0.25, 0.3) is 0 Å². The SMILES string of the molecule is C=C1CCC(C2(O)CCN(Cc3ccccc3)CC2)CC1. The Morgan fingerprint density at radius 3 is 2.33 bits per heavy atom. The molecule has 1 aliphatic heterocycles. The van der Waals surface area contributed by atoms with Gasteiger partial charge in [0.1, 0.15) is 0 Å². The standard InChI is InChI=1S/C19H27NO/c1-16-7-9-18(10-8-16)19(21)11-13-20(14-12-19)15-17-5-3-2-4-6-17/h2-6,18,21H,1,7-15H2. The van der Waals surface area contributed by atoms with Gasteiger partial charge in [0.05, 0.1) is 5.60 Å². The molecule has 2 heteroatoms. The summed E-state index contributed by atoms with van der Waals surface area (Å²) in [6.07, 6.45) is 6.34. The third-order valence-corrected chi connectivity index (χ3v) is 5.42. The molecule has 0 spiro atoms. The predicted octanol–water partition coefficient (Wildman–Crippen LogP) is 3.76. The van der Waals surface area contributed by atoms with Crippen molar-refractivity contribution in [1.29, 1.82) is 0 Å². The van der Waals surface area contributed by atoms with E-state index in [0.717, 1.165) is 58.2 Å². The van der Waals surface area contributed by atoms with Crippen LogP contribution in [-0.2, 0) is 6.54 Å². The molecule has 2 nitrogen and oxygen atoms in total. The van der Waals surface area contributed by atoms with Gasteiger partial charge in [0.15, 0.2) is 0 Å². The molecule has 0 amide bonds. The molecule has 0 unspecified atom stereocenters. The van der Waals surface area contributed by atoms with E-state index in [-0.39, 0.29) is 0 Å². The topological polar surface area (TPSA) is 23.5 Å². The summed E-state index contributed by atoms with van der Waals surface area (Å²) >= 11 is 0. The maximum Gasteiger partial charge on any atom is 0.0700 e. The van der Waals surface area contributed by atoms with Crippen LogP contribution in [-0.4, -0.2) is 28.7 Å². The molecule has 0 bridgehead atoms. The van der Waals surface area contributed by atoms with Gasteiger partial charge in [0.2, 0.25) is 0 Å². The van der Waals surface area contributed by atoms with E-state index in [2.05, 4.69) is 41.8 Å². The lowest BCUT2D eigenvalue weighted by Crippen LogP contribution is -2.49. The summed E-state index contributed by atoms with van der Waals surface area (Å²) in [6.45, 7) is 7.13. The van der Waals surface area contributed by atoms with E-state index in [9.17, 15) is 5.11 Å². The Morgan fingerprint density at radius 1 is 1.10 bits per heavy atom. The molecule has 1 N–H and O–H groups in total. The van der Waals surface area contributed by atoms with Gasteiger partial charge in [-0.1, -0.05) is 42.5 Å². The van der Waals surface area contributed by atoms with Crippen molar-refractivity contribution in [2.75, 3.05) is 13.1 Å². The maximum atomic E-state index is 11.0. The highest BCUT2D eigenvalue weighted by molar-refractivity contribution is 5.14. The summed E-state index contributed by atoms with van der Waals surface area (Å²) in [5.74, 6) is 0.488. The Kier molecular flexibility index (Phi) is 4.46. The number of benzene rings is 1. The molecule has 1 aromatic carbocycles. The lowest BCUT2D eigenvalue weighted by Gasteiger charge is -2.44. The van der Waals surface area contributed by atoms with Gasteiger partial charge in [-0.3, -0.25) is 4.90 Å². The van der Waals surface area contributed by atoms with E-state index in [4.69, 9.17) is 0 Å². The largest absolute Gasteiger partial charge is 0.390 e. The van der Waals surface area contributed by atoms with Crippen molar-refractivity contribution >= 4 is 0 Å². The molecule has 0 radical (unpaired) electrons. The zero-order chi connectivity index (χ0) is 14.7. The van der Waals surface area contributed by atoms with Gasteiger partial charge in [0.25, 0.3) is 0 Å². The Bertz CT molecular complexity index is 464. The molecule has 1 aliphatic carbocycles. The van der Waals surface area contributed by atoms with E-state index >= 15 is 0 Å². The van der Waals surface area contributed by atoms with E-state index < -0.39 is 5.60 Å². The van der Waals surface area contributed by atoms with Crippen LogP contribution in [0.2, 0.25) is 0 Å². The average molecular weight is 285 g/mol. The van der Waals surface area contributed by atoms with Crippen LogP contribution in [0.4, 0.5) is 0 Å². The number of hydrogen-bond acceptors (Lipinski definition) is 2. The first-order valence-electron chi connectivity index (χ1n) is 8.31. The van der Waals surface area contributed by atoms with Crippen LogP contribution >= 0.6 is 0 Å². The second-order valence-corrected chi connectivity index (χ2v) is 6.89. The summed E-state index contributed by atoms with van der Waals surface area (Å²) in [7, 11) is 0. The van der Waals surface area contributed by atoms with Crippen molar-refractivity contribution in [3.05, 3.63) is 48.0 Å². The fourth-order valence-corrected chi connectivity index (χ4v) is 3.91. The molecule has 3 rings (SSSR count). The third kappa shape index (κ3) is 3.56. The fourth-order valence-electron chi connectivity index (χ4n) is 3.91. The van der Waals surface area contributed by atoms with Crippen molar-refractivity contribution in [3.8, 4) is 0 Å². The highest BCUT2D eigenvalue weighted by atomic mass is 16.3. The van der Waals surface area contributed by atoms with E-state index in [1.165, 1.54) is 11.1 Å². The second-order valence-electron chi connectivity index (χ2n) is 6.89. The van der Waals surface area contributed by atoms with Gasteiger partial charge in [-0.25, -0.2) is 0 Å². The molecule has 2 aliphatic rings. The molecule has 2 fully saturated rings. The number of rotatable bonds is 3. The van der Waals surface area contributed by atoms with Gasteiger partial charge in [-0.15, -0.1) is 0 Å². The van der Waals surface area contributed by atoms with Gasteiger partial charge >= 0.3 is 0 Å². The van der Waals surface area contributed by atoms with Crippen LogP contribution in [0.1, 0.15) is 44.1 Å². The first-order chi connectivity index (χ1) is 10.2. The molecule has 0 atom stereocenters. The minimum atomic E-state index is -0.423. The molecule has 1 aromatic rings. The molecule has 1 saturated carbocycles. The highest BCUT2D eigenvalue weighted by Gasteiger charge is 2.40. The fraction of sp³-hybridized carbons (Fsp3) is 0.579. The summed E-state index contributed by atoms with van der Waals surface area (Å²) in [5.41, 5.74) is 2.32. The van der Waals surface area contributed by atoms with Crippen LogP contribution < -0.4 is 0 Å². The molecule has 1 saturated heterocycles. The Balaban J connectivity index is 1.53. The molecular weight excluding hydrogens is 258 g/mol. The minimum absolute atomic E-state index is 0.423. The number of piperidine rings is 1. The molecule has 114 valence electrons. The quantitative estimate of drug-likeness (QED) is 0.855. The maximum absolute atomic E-state index is 11.0. The second kappa shape index (κ2) is 6.33. The van der Waals surface area contributed by atoms with E-state index in [1.54, 1.807) is 0 Å². The number of nitrogens with zero attached hydrogens (tertiary/aromatic N) is 1. The third-order valence-electron chi connectivity index (χ3n) is 5.42. The van der Waals surface area contributed by atoms with Crippen molar-refractivity contribution in [2.45, 2.75) is 50.7 Å². The molecule has 1 heterocycles. The van der Waals surface area contributed by atoms with Crippen LogP contribution in [0.15, 0.2) is 42.5 Å². The summed E-state index contributed by atoms with van der Waals surface area (Å²) < 4.78 is 0. The number of likely N-dealkylation sites (tertiary alicyclic amines) is 1. The first-order valence-corrected chi connectivity index (χ1v) is 8.31. The minimum Gasteiger partial charge on any atom is -0.390 e. The Morgan fingerprint density at radius 2 is 1.71 bits per heavy atom. The average Bonchev–Trinajstić information content (AvgIpc) is 2.51. The molecular formula is C19H27NO. The lowest BCUT2D eigenvalue weighted by molar-refractivity contribution is -0.0758. The summed E-state index contributed by atoms with van der Waals surface area (Å²) in [6, 6.07) is 10.6. The number of hydrogen-bond donors (Lipinski definition) is 1. The van der Waals surface area contributed by atoms with Gasteiger partial charge in [0, 0.05) is 19.6 Å². The summed E-state index contributed by atoms with van der Waals surface area (Å²) in [5, 5.41) is 11.0. The first kappa shape index (κ1) is 14.8. The van der Waals surface area contributed by atoms with Crippen LogP contribution in [0.5, 0.6) is 0 Å². The van der Waals surface area contributed by atoms with E-state index in [1.807, 2.05) is 0 Å². The summed E-state index contributed by atoms with van der Waals surface area (Å²) in [4.78, 5) is 2.48. The van der Waals surface area contributed by atoms with Crippen molar-refractivity contribution in [3.63, 3.8) is 0 Å². The van der Waals surface area contributed by atoms with Gasteiger partial charge in [-0.05, 0) is 50.0 Å². The van der Waals surface area contributed by atoms with Crippen molar-refractivity contribution in [1.82, 2.24) is 4.90 Å². The monoisotopic (exact) mass is 285 g/mol. The van der Waals surface area contributed by atoms with Gasteiger partial charge in [-0.2, -0.15) is 0 Å². The Labute approximate surface area is 128 Å². The lowest BCUT2D eigenvalue weighted by atomic mass is 9.71. The predicted molar refractivity (Wildman–Crippen MR) is 87.0 cm³/mol. The van der Waals surface area contributed by atoms with E-state index in [0.29, 0.717) is 5.92 Å². The molecule has 0 aromatic heterocycles. The zero-order valence-corrected chi connectivity index (χ0v) is 12.9. The van der Waals surface area contributed by atoms with Crippen LogP contribution in [0.3, 0.4) is 0 Å². The smallest absolute Gasteiger partial charge is 0.0700 e. The zero-order valence-electron chi connectivity index (χ0n) is 12.9. The highest BCUT2D eigenvalue weighted by Crippen LogP contribution is 2.40.